The zero-order valence-corrected chi connectivity index (χ0v) is 21.5. The van der Waals surface area contributed by atoms with Crippen molar-refractivity contribution >= 4 is 45.0 Å². The van der Waals surface area contributed by atoms with Crippen LogP contribution in [0.4, 0.5) is 5.69 Å². The molecule has 35 heavy (non-hydrogen) atoms. The third-order valence-electron chi connectivity index (χ3n) is 4.98. The van der Waals surface area contributed by atoms with Gasteiger partial charge in [-0.25, -0.2) is 17.9 Å². The fraction of sp³-hybridized carbons (Fsp3) is 0.435. The molecule has 0 bridgehead atoms. The molecule has 0 aliphatic heterocycles. The van der Waals surface area contributed by atoms with Gasteiger partial charge in [0.2, 0.25) is 5.91 Å². The van der Waals surface area contributed by atoms with Crippen LogP contribution in [0, 0.1) is 5.92 Å². The van der Waals surface area contributed by atoms with Crippen LogP contribution in [0.3, 0.4) is 0 Å². The topological polar surface area (TPSA) is 155 Å². The summed E-state index contributed by atoms with van der Waals surface area (Å²) in [5, 5.41) is 15.2. The largest absolute Gasteiger partial charge is 0.478 e. The van der Waals surface area contributed by atoms with Crippen molar-refractivity contribution in [3.05, 3.63) is 46.9 Å². The van der Waals surface area contributed by atoms with Gasteiger partial charge in [-0.2, -0.15) is 0 Å². The second-order valence-electron chi connectivity index (χ2n) is 8.56. The van der Waals surface area contributed by atoms with E-state index < -0.39 is 32.8 Å². The second-order valence-corrected chi connectivity index (χ2v) is 10.6. The standard InChI is InChI=1S/C23H30ClN3O7S/c1-13(2)22(29)18(26-14(3)4)7-8-21(28)27-35(32,33)20-10-16(23(30)31)19(11-17(20)24)25-12-15-6-5-9-34-15/h5-6,9-11,13-14,18,25-26H,7-8,12H2,1-4H3,(H,27,28)(H,30,31). The van der Waals surface area contributed by atoms with Crippen molar-refractivity contribution in [1.29, 1.82) is 0 Å². The van der Waals surface area contributed by atoms with Gasteiger partial charge in [-0.3, -0.25) is 9.59 Å². The summed E-state index contributed by atoms with van der Waals surface area (Å²) in [5.41, 5.74) is -0.267. The van der Waals surface area contributed by atoms with Crippen molar-refractivity contribution in [1.82, 2.24) is 10.0 Å². The number of carbonyl (C=O) groups is 3. The predicted molar refractivity (Wildman–Crippen MR) is 131 cm³/mol. The van der Waals surface area contributed by atoms with Crippen LogP contribution in [0.5, 0.6) is 0 Å². The molecule has 4 N–H and O–H groups in total. The minimum Gasteiger partial charge on any atom is -0.478 e. The Morgan fingerprint density at radius 2 is 1.83 bits per heavy atom. The number of carboxylic acids is 1. The van der Waals surface area contributed by atoms with E-state index in [1.165, 1.54) is 6.26 Å². The quantitative estimate of drug-likeness (QED) is 0.306. The van der Waals surface area contributed by atoms with E-state index in [2.05, 4.69) is 10.6 Å². The highest BCUT2D eigenvalue weighted by Gasteiger charge is 2.27. The third kappa shape index (κ3) is 8.08. The van der Waals surface area contributed by atoms with Crippen molar-refractivity contribution in [3.63, 3.8) is 0 Å². The van der Waals surface area contributed by atoms with Crippen LogP contribution in [0.15, 0.2) is 39.8 Å². The summed E-state index contributed by atoms with van der Waals surface area (Å²) < 4.78 is 32.8. The van der Waals surface area contributed by atoms with E-state index in [0.717, 1.165) is 12.1 Å². The Bertz CT molecular complexity index is 1160. The molecule has 0 fully saturated rings. The number of hydrogen-bond donors (Lipinski definition) is 4. The first kappa shape index (κ1) is 28.3. The van der Waals surface area contributed by atoms with Crippen molar-refractivity contribution in [3.8, 4) is 0 Å². The van der Waals surface area contributed by atoms with Crippen LogP contribution in [0.25, 0.3) is 0 Å². The second kappa shape index (κ2) is 12.2. The number of carbonyl (C=O) groups excluding carboxylic acids is 2. The van der Waals surface area contributed by atoms with E-state index in [9.17, 15) is 27.9 Å². The average molecular weight is 528 g/mol. The van der Waals surface area contributed by atoms with Gasteiger partial charge >= 0.3 is 5.97 Å². The van der Waals surface area contributed by atoms with Gasteiger partial charge in [0.1, 0.15) is 10.7 Å². The van der Waals surface area contributed by atoms with Gasteiger partial charge in [-0.1, -0.05) is 39.3 Å². The molecule has 2 aromatic rings. The number of hydrogen-bond acceptors (Lipinski definition) is 8. The minimum absolute atomic E-state index is 0.0114. The van der Waals surface area contributed by atoms with E-state index in [1.807, 2.05) is 18.6 Å². The number of anilines is 1. The van der Waals surface area contributed by atoms with E-state index >= 15 is 0 Å². The lowest BCUT2D eigenvalue weighted by Gasteiger charge is -2.21. The van der Waals surface area contributed by atoms with Crippen LogP contribution in [-0.2, 0) is 26.2 Å². The highest BCUT2D eigenvalue weighted by molar-refractivity contribution is 7.90. The Labute approximate surface area is 209 Å². The summed E-state index contributed by atoms with van der Waals surface area (Å²) in [7, 11) is -4.48. The Morgan fingerprint density at radius 1 is 1.14 bits per heavy atom. The molecule has 1 aromatic heterocycles. The number of aromatic carboxylic acids is 1. The molecular weight excluding hydrogens is 498 g/mol. The highest BCUT2D eigenvalue weighted by atomic mass is 35.5. The lowest BCUT2D eigenvalue weighted by Crippen LogP contribution is -2.43. The van der Waals surface area contributed by atoms with Crippen LogP contribution < -0.4 is 15.4 Å². The van der Waals surface area contributed by atoms with Gasteiger partial charge in [0, 0.05) is 18.4 Å². The molecule has 2 rings (SSSR count). The molecule has 0 radical (unpaired) electrons. The van der Waals surface area contributed by atoms with E-state index in [1.54, 1.807) is 26.0 Å². The van der Waals surface area contributed by atoms with Crippen LogP contribution >= 0.6 is 11.6 Å². The molecule has 0 aliphatic carbocycles. The summed E-state index contributed by atoms with van der Waals surface area (Å²) in [6, 6.07) is 4.78. The molecular formula is C23H30ClN3O7S. The van der Waals surface area contributed by atoms with E-state index in [0.29, 0.717) is 5.76 Å². The molecule has 12 heteroatoms. The Morgan fingerprint density at radius 3 is 2.37 bits per heavy atom. The van der Waals surface area contributed by atoms with Crippen molar-refractivity contribution in [2.45, 2.75) is 64.1 Å². The fourth-order valence-corrected chi connectivity index (χ4v) is 4.89. The monoisotopic (exact) mass is 527 g/mol. The third-order valence-corrected chi connectivity index (χ3v) is 6.82. The van der Waals surface area contributed by atoms with Crippen molar-refractivity contribution in [2.24, 2.45) is 5.92 Å². The first-order valence-corrected chi connectivity index (χ1v) is 12.9. The molecule has 0 aliphatic rings. The highest BCUT2D eigenvalue weighted by Crippen LogP contribution is 2.29. The van der Waals surface area contributed by atoms with E-state index in [4.69, 9.17) is 16.0 Å². The van der Waals surface area contributed by atoms with Gasteiger partial charge in [0.15, 0.2) is 5.78 Å². The molecule has 0 spiro atoms. The summed E-state index contributed by atoms with van der Waals surface area (Å²) in [6.07, 6.45) is 1.31. The maximum atomic E-state index is 12.8. The number of furan rings is 1. The summed E-state index contributed by atoms with van der Waals surface area (Å²) >= 11 is 6.15. The maximum Gasteiger partial charge on any atom is 0.337 e. The van der Waals surface area contributed by atoms with Gasteiger partial charge in [-0.05, 0) is 30.7 Å². The number of nitrogens with one attached hydrogen (secondary N) is 3. The first-order valence-electron chi connectivity index (χ1n) is 11.0. The number of rotatable bonds is 13. The lowest BCUT2D eigenvalue weighted by molar-refractivity contribution is -0.124. The van der Waals surface area contributed by atoms with E-state index in [-0.39, 0.29) is 53.4 Å². The summed E-state index contributed by atoms with van der Waals surface area (Å²) in [4.78, 5) is 36.0. The number of sulfonamides is 1. The molecule has 10 nitrogen and oxygen atoms in total. The minimum atomic E-state index is -4.48. The van der Waals surface area contributed by atoms with Gasteiger partial charge < -0.3 is 20.2 Å². The molecule has 1 unspecified atom stereocenters. The molecule has 1 amide bonds. The molecule has 192 valence electrons. The van der Waals surface area contributed by atoms with Gasteiger partial charge in [0.25, 0.3) is 10.0 Å². The predicted octanol–water partition coefficient (Wildman–Crippen LogP) is 3.42. The van der Waals surface area contributed by atoms with Crippen molar-refractivity contribution < 1.29 is 32.3 Å². The molecule has 0 saturated heterocycles. The smallest absolute Gasteiger partial charge is 0.337 e. The summed E-state index contributed by atoms with van der Waals surface area (Å²) in [5.74, 6) is -2.04. The molecule has 0 saturated carbocycles. The Hall–Kier alpha value is -2.89. The number of carboxylic acid groups (broad SMARTS) is 1. The maximum absolute atomic E-state index is 12.8. The van der Waals surface area contributed by atoms with Gasteiger partial charge in [0.05, 0.1) is 35.1 Å². The van der Waals surface area contributed by atoms with Crippen LogP contribution in [0.1, 0.15) is 56.7 Å². The lowest BCUT2D eigenvalue weighted by atomic mass is 9.97. The number of Topliss-reactive ketones (excluding diaryl/α,β-unsaturated/α-hetero) is 1. The number of benzene rings is 1. The zero-order valence-electron chi connectivity index (χ0n) is 19.9. The average Bonchev–Trinajstić information content (AvgIpc) is 3.27. The summed E-state index contributed by atoms with van der Waals surface area (Å²) in [6.45, 7) is 7.36. The van der Waals surface area contributed by atoms with Crippen LogP contribution in [-0.4, -0.2) is 43.3 Å². The zero-order chi connectivity index (χ0) is 26.3. The van der Waals surface area contributed by atoms with Gasteiger partial charge in [-0.15, -0.1) is 0 Å². The number of amides is 1. The molecule has 1 heterocycles. The fourth-order valence-electron chi connectivity index (χ4n) is 3.32. The molecule has 1 atom stereocenters. The number of halogens is 1. The first-order chi connectivity index (χ1) is 16.3. The Kier molecular flexibility index (Phi) is 9.87. The Balaban J connectivity index is 2.18. The number of ketones is 1. The SMILES string of the molecule is CC(C)NC(CCC(=O)NS(=O)(=O)c1cc(C(=O)O)c(NCc2ccco2)cc1Cl)C(=O)C(C)C. The van der Waals surface area contributed by atoms with Crippen molar-refractivity contribution in [2.75, 3.05) is 5.32 Å². The normalized spacial score (nSPS) is 12.5. The molecule has 1 aromatic carbocycles. The van der Waals surface area contributed by atoms with Crippen LogP contribution in [0.2, 0.25) is 5.02 Å².